The molecule has 1 N–H and O–H groups in total. The number of hydrogen-bond acceptors (Lipinski definition) is 5. The van der Waals surface area contributed by atoms with Gasteiger partial charge < -0.3 is 9.84 Å². The highest BCUT2D eigenvalue weighted by Crippen LogP contribution is 2.36. The molecule has 0 aromatic heterocycles. The number of aromatic hydroxyl groups is 1. The lowest BCUT2D eigenvalue weighted by atomic mass is 10.3. The molecule has 0 atom stereocenters. The number of phenolic OH excluding ortho intramolecular Hbond substituents is 1. The molecule has 0 unspecified atom stereocenters. The molecule has 21 heavy (non-hydrogen) atoms. The lowest BCUT2D eigenvalue weighted by Crippen LogP contribution is -2.07. The Bertz CT molecular complexity index is 658. The van der Waals surface area contributed by atoms with Crippen molar-refractivity contribution in [3.05, 3.63) is 52.6 Å². The lowest BCUT2D eigenvalue weighted by Gasteiger charge is -2.11. The number of hydrogen-bond donors (Lipinski definition) is 1. The zero-order valence-corrected chi connectivity index (χ0v) is 12.5. The van der Waals surface area contributed by atoms with Gasteiger partial charge in [-0.25, -0.2) is 0 Å². The standard InChI is InChI=1S/C15H15NO4S/c1-10(2)20-15-9-13(6-7-14(15)16(18)19)21-12-5-3-4-11(17)8-12/h3-10,17H,1-2H3. The van der Waals surface area contributed by atoms with Gasteiger partial charge in [0.25, 0.3) is 0 Å². The molecule has 0 radical (unpaired) electrons. The van der Waals surface area contributed by atoms with Crippen molar-refractivity contribution < 1.29 is 14.8 Å². The number of ether oxygens (including phenoxy) is 1. The van der Waals surface area contributed by atoms with Gasteiger partial charge >= 0.3 is 5.69 Å². The molecule has 0 saturated heterocycles. The second-order valence-corrected chi connectivity index (χ2v) is 5.80. The topological polar surface area (TPSA) is 72.6 Å². The Balaban J connectivity index is 2.30. The Morgan fingerprint density at radius 2 is 1.90 bits per heavy atom. The summed E-state index contributed by atoms with van der Waals surface area (Å²) in [6.45, 7) is 3.64. The van der Waals surface area contributed by atoms with Crippen molar-refractivity contribution in [3.8, 4) is 11.5 Å². The minimum Gasteiger partial charge on any atom is -0.508 e. The average molecular weight is 305 g/mol. The largest absolute Gasteiger partial charge is 0.508 e. The summed E-state index contributed by atoms with van der Waals surface area (Å²) in [7, 11) is 0. The number of nitro benzene ring substituents is 1. The molecule has 0 fully saturated rings. The van der Waals surface area contributed by atoms with E-state index < -0.39 is 4.92 Å². The molecule has 0 heterocycles. The van der Waals surface area contributed by atoms with Crippen LogP contribution in [0, 0.1) is 10.1 Å². The van der Waals surface area contributed by atoms with Crippen molar-refractivity contribution in [2.45, 2.75) is 29.7 Å². The van der Waals surface area contributed by atoms with Crippen LogP contribution in [0.3, 0.4) is 0 Å². The van der Waals surface area contributed by atoms with Crippen LogP contribution < -0.4 is 4.74 Å². The molecule has 110 valence electrons. The van der Waals surface area contributed by atoms with Crippen LogP contribution in [-0.4, -0.2) is 16.1 Å². The van der Waals surface area contributed by atoms with Gasteiger partial charge in [0, 0.05) is 21.9 Å². The van der Waals surface area contributed by atoms with Gasteiger partial charge in [0.2, 0.25) is 0 Å². The quantitative estimate of drug-likeness (QED) is 0.660. The van der Waals surface area contributed by atoms with Gasteiger partial charge in [-0.2, -0.15) is 0 Å². The van der Waals surface area contributed by atoms with Crippen LogP contribution in [0.5, 0.6) is 11.5 Å². The van der Waals surface area contributed by atoms with Crippen LogP contribution in [0.1, 0.15) is 13.8 Å². The predicted molar refractivity (Wildman–Crippen MR) is 81.1 cm³/mol. The highest BCUT2D eigenvalue weighted by Gasteiger charge is 2.17. The lowest BCUT2D eigenvalue weighted by molar-refractivity contribution is -0.386. The monoisotopic (exact) mass is 305 g/mol. The summed E-state index contributed by atoms with van der Waals surface area (Å²) >= 11 is 1.40. The third-order valence-corrected chi connectivity index (χ3v) is 3.52. The van der Waals surface area contributed by atoms with E-state index in [-0.39, 0.29) is 23.3 Å². The van der Waals surface area contributed by atoms with Gasteiger partial charge in [-0.05, 0) is 38.1 Å². The maximum Gasteiger partial charge on any atom is 0.311 e. The van der Waals surface area contributed by atoms with E-state index in [0.29, 0.717) is 0 Å². The first kappa shape index (κ1) is 15.2. The maximum atomic E-state index is 11.0. The van der Waals surface area contributed by atoms with E-state index >= 15 is 0 Å². The van der Waals surface area contributed by atoms with Gasteiger partial charge in [0.1, 0.15) is 5.75 Å². The van der Waals surface area contributed by atoms with E-state index in [0.717, 1.165) is 9.79 Å². The van der Waals surface area contributed by atoms with Crippen LogP contribution in [-0.2, 0) is 0 Å². The smallest absolute Gasteiger partial charge is 0.311 e. The minimum absolute atomic E-state index is 0.0519. The molecule has 0 saturated carbocycles. The van der Waals surface area contributed by atoms with Gasteiger partial charge in [-0.1, -0.05) is 17.8 Å². The highest BCUT2D eigenvalue weighted by atomic mass is 32.2. The van der Waals surface area contributed by atoms with Crippen LogP contribution in [0.15, 0.2) is 52.3 Å². The minimum atomic E-state index is -0.458. The van der Waals surface area contributed by atoms with Crippen molar-refractivity contribution in [1.82, 2.24) is 0 Å². The van der Waals surface area contributed by atoms with E-state index in [4.69, 9.17) is 4.74 Å². The van der Waals surface area contributed by atoms with Crippen LogP contribution >= 0.6 is 11.8 Å². The van der Waals surface area contributed by atoms with Crippen LogP contribution in [0.4, 0.5) is 5.69 Å². The van der Waals surface area contributed by atoms with Gasteiger partial charge in [0.15, 0.2) is 5.75 Å². The molecular weight excluding hydrogens is 290 g/mol. The Labute approximate surface area is 126 Å². The fraction of sp³-hybridized carbons (Fsp3) is 0.200. The predicted octanol–water partition coefficient (Wildman–Crippen LogP) is 4.24. The highest BCUT2D eigenvalue weighted by molar-refractivity contribution is 7.99. The van der Waals surface area contributed by atoms with Gasteiger partial charge in [-0.15, -0.1) is 0 Å². The molecule has 5 nitrogen and oxygen atoms in total. The molecule has 0 amide bonds. The van der Waals surface area contributed by atoms with E-state index in [1.165, 1.54) is 17.8 Å². The number of nitro groups is 1. The van der Waals surface area contributed by atoms with Crippen LogP contribution in [0.25, 0.3) is 0 Å². The first-order valence-electron chi connectivity index (χ1n) is 6.37. The zero-order chi connectivity index (χ0) is 15.4. The van der Waals surface area contributed by atoms with E-state index in [9.17, 15) is 15.2 Å². The van der Waals surface area contributed by atoms with E-state index in [2.05, 4.69) is 0 Å². The first-order valence-corrected chi connectivity index (χ1v) is 7.19. The molecule has 0 spiro atoms. The average Bonchev–Trinajstić information content (AvgIpc) is 2.37. The second-order valence-electron chi connectivity index (χ2n) is 4.65. The second kappa shape index (κ2) is 6.49. The first-order chi connectivity index (χ1) is 9.95. The van der Waals surface area contributed by atoms with Gasteiger partial charge in [0.05, 0.1) is 11.0 Å². The van der Waals surface area contributed by atoms with Crippen molar-refractivity contribution in [3.63, 3.8) is 0 Å². The molecule has 0 bridgehead atoms. The molecule has 0 aliphatic rings. The van der Waals surface area contributed by atoms with Crippen molar-refractivity contribution in [2.75, 3.05) is 0 Å². The third kappa shape index (κ3) is 4.13. The molecule has 0 aliphatic carbocycles. The van der Waals surface area contributed by atoms with Crippen molar-refractivity contribution >= 4 is 17.4 Å². The van der Waals surface area contributed by atoms with Crippen LogP contribution in [0.2, 0.25) is 0 Å². The molecule has 2 rings (SSSR count). The summed E-state index contributed by atoms with van der Waals surface area (Å²) in [5.41, 5.74) is -0.0519. The summed E-state index contributed by atoms with van der Waals surface area (Å²) in [6, 6.07) is 11.6. The molecular formula is C15H15NO4S. The van der Waals surface area contributed by atoms with Crippen molar-refractivity contribution in [1.29, 1.82) is 0 Å². The SMILES string of the molecule is CC(C)Oc1cc(Sc2cccc(O)c2)ccc1[N+](=O)[O-]. The van der Waals surface area contributed by atoms with Crippen molar-refractivity contribution in [2.24, 2.45) is 0 Å². The van der Waals surface area contributed by atoms with E-state index in [1.807, 2.05) is 19.9 Å². The number of benzene rings is 2. The molecule has 2 aromatic rings. The number of phenols is 1. The molecule has 2 aromatic carbocycles. The summed E-state index contributed by atoms with van der Waals surface area (Å²) in [4.78, 5) is 12.2. The molecule has 0 aliphatic heterocycles. The third-order valence-electron chi connectivity index (χ3n) is 2.54. The summed E-state index contributed by atoms with van der Waals surface area (Å²) in [5, 5.41) is 20.5. The Morgan fingerprint density at radius 3 is 2.52 bits per heavy atom. The zero-order valence-electron chi connectivity index (χ0n) is 11.6. The summed E-state index contributed by atoms with van der Waals surface area (Å²) in [6.07, 6.45) is -0.148. The fourth-order valence-electron chi connectivity index (χ4n) is 1.74. The molecule has 6 heteroatoms. The maximum absolute atomic E-state index is 11.0. The van der Waals surface area contributed by atoms with E-state index in [1.54, 1.807) is 30.3 Å². The Hall–Kier alpha value is -2.21. The fourth-order valence-corrected chi connectivity index (χ4v) is 2.64. The normalized spacial score (nSPS) is 10.6. The number of rotatable bonds is 5. The Morgan fingerprint density at radius 1 is 1.19 bits per heavy atom. The summed E-state index contributed by atoms with van der Waals surface area (Å²) < 4.78 is 5.50. The summed E-state index contributed by atoms with van der Waals surface area (Å²) in [5.74, 6) is 0.431. The Kier molecular flexibility index (Phi) is 4.70. The van der Waals surface area contributed by atoms with Gasteiger partial charge in [-0.3, -0.25) is 10.1 Å². The number of nitrogens with zero attached hydrogens (tertiary/aromatic N) is 1.